The summed E-state index contributed by atoms with van der Waals surface area (Å²) >= 11 is 0. The molecule has 5 heterocycles. The number of aryl methyl sites for hydroxylation is 3. The molecule has 10 rings (SSSR count). The first kappa shape index (κ1) is 30.5. The molecule has 0 saturated carbocycles. The summed E-state index contributed by atoms with van der Waals surface area (Å²) in [6.45, 7) is 14.7. The van der Waals surface area contributed by atoms with Crippen LogP contribution in [0.4, 0.5) is 0 Å². The molecule has 2 atom stereocenters. The van der Waals surface area contributed by atoms with Crippen molar-refractivity contribution in [3.63, 3.8) is 0 Å². The topological polar surface area (TPSA) is 20.9 Å². The zero-order valence-electron chi connectivity index (χ0n) is 30.5. The van der Waals surface area contributed by atoms with Crippen molar-refractivity contribution < 1.29 is 13.6 Å². The molecular formula is C48H44N2O+2. The molecule has 3 nitrogen and oxygen atoms in total. The molecule has 0 amide bonds. The van der Waals surface area contributed by atoms with Gasteiger partial charge in [0.1, 0.15) is 11.2 Å². The Morgan fingerprint density at radius 3 is 2.27 bits per heavy atom. The number of benzene rings is 4. The first-order valence-corrected chi connectivity index (χ1v) is 18.6. The summed E-state index contributed by atoms with van der Waals surface area (Å²) < 4.78 is 12.3. The SMILES string of the molecule is Cc1ccc2[n+](c1)C1C[n+]3cc(-c4c(C)cccc4C)c(C(C)(C)C)cc3-c3c(ccc4c3oc3c5c(ccc34)CC=C5)CC1c1ccccc1-2. The number of allylic oxidation sites excluding steroid dienone is 1. The van der Waals surface area contributed by atoms with E-state index in [0.717, 1.165) is 30.6 Å². The van der Waals surface area contributed by atoms with Crippen molar-refractivity contribution in [2.24, 2.45) is 0 Å². The normalized spacial score (nSPS) is 17.3. The fourth-order valence-electron chi connectivity index (χ4n) is 9.63. The van der Waals surface area contributed by atoms with E-state index in [1.54, 1.807) is 0 Å². The van der Waals surface area contributed by atoms with E-state index in [9.17, 15) is 0 Å². The van der Waals surface area contributed by atoms with Crippen LogP contribution >= 0.6 is 0 Å². The summed E-state index contributed by atoms with van der Waals surface area (Å²) in [7, 11) is 0. The van der Waals surface area contributed by atoms with Crippen LogP contribution in [-0.4, -0.2) is 0 Å². The molecule has 0 radical (unpaired) electrons. The molecule has 2 aliphatic heterocycles. The summed E-state index contributed by atoms with van der Waals surface area (Å²) in [5.74, 6) is 0.292. The number of aromatic nitrogens is 2. The number of nitrogens with zero attached hydrogens (tertiary/aromatic N) is 2. The maximum atomic E-state index is 7.13. The van der Waals surface area contributed by atoms with Crippen molar-refractivity contribution in [1.29, 1.82) is 0 Å². The fraction of sp³-hybridized carbons (Fsp3) is 0.250. The molecule has 1 aliphatic carbocycles. The number of hydrogen-bond donors (Lipinski definition) is 0. The van der Waals surface area contributed by atoms with Crippen molar-refractivity contribution in [3.8, 4) is 33.6 Å². The fourth-order valence-corrected chi connectivity index (χ4v) is 9.63. The molecule has 0 N–H and O–H groups in total. The van der Waals surface area contributed by atoms with E-state index in [4.69, 9.17) is 4.42 Å². The molecule has 3 aromatic heterocycles. The van der Waals surface area contributed by atoms with Gasteiger partial charge in [0.2, 0.25) is 24.0 Å². The van der Waals surface area contributed by atoms with Crippen LogP contribution in [-0.2, 0) is 24.8 Å². The highest BCUT2D eigenvalue weighted by Crippen LogP contribution is 2.47. The van der Waals surface area contributed by atoms with E-state index in [1.165, 1.54) is 88.9 Å². The van der Waals surface area contributed by atoms with Gasteiger partial charge in [-0.2, -0.15) is 9.13 Å². The molecular weight excluding hydrogens is 621 g/mol. The van der Waals surface area contributed by atoms with Gasteiger partial charge in [-0.15, -0.1) is 0 Å². The molecule has 0 spiro atoms. The minimum absolute atomic E-state index is 0.0830. The molecule has 250 valence electrons. The molecule has 0 fully saturated rings. The maximum absolute atomic E-state index is 7.13. The summed E-state index contributed by atoms with van der Waals surface area (Å²) in [6, 6.07) is 32.5. The molecule has 4 aromatic carbocycles. The molecule has 51 heavy (non-hydrogen) atoms. The molecule has 3 heteroatoms. The summed E-state index contributed by atoms with van der Waals surface area (Å²) in [4.78, 5) is 0. The van der Waals surface area contributed by atoms with Crippen LogP contribution in [0.5, 0.6) is 0 Å². The summed E-state index contributed by atoms with van der Waals surface area (Å²) in [5, 5.41) is 2.40. The zero-order valence-corrected chi connectivity index (χ0v) is 30.5. The minimum Gasteiger partial charge on any atom is -0.455 e. The molecule has 3 aliphatic rings. The van der Waals surface area contributed by atoms with Gasteiger partial charge in [0.15, 0.2) is 12.4 Å². The molecule has 2 unspecified atom stereocenters. The number of rotatable bonds is 1. The largest absolute Gasteiger partial charge is 0.455 e. The van der Waals surface area contributed by atoms with E-state index in [-0.39, 0.29) is 11.5 Å². The second-order valence-corrected chi connectivity index (χ2v) is 16.3. The highest BCUT2D eigenvalue weighted by molar-refractivity contribution is 6.12. The Labute approximate surface area is 300 Å². The van der Waals surface area contributed by atoms with Gasteiger partial charge in [-0.25, -0.2) is 0 Å². The van der Waals surface area contributed by atoms with Gasteiger partial charge < -0.3 is 4.42 Å². The second-order valence-electron chi connectivity index (χ2n) is 16.3. The van der Waals surface area contributed by atoms with Crippen LogP contribution in [0.3, 0.4) is 0 Å². The monoisotopic (exact) mass is 664 g/mol. The van der Waals surface area contributed by atoms with Gasteiger partial charge in [-0.05, 0) is 90.1 Å². The number of hydrogen-bond acceptors (Lipinski definition) is 1. The highest BCUT2D eigenvalue weighted by Gasteiger charge is 2.46. The lowest BCUT2D eigenvalue weighted by Crippen LogP contribution is -2.56. The lowest BCUT2D eigenvalue weighted by Gasteiger charge is -2.32. The third kappa shape index (κ3) is 4.50. The number of pyridine rings is 2. The molecule has 7 aromatic rings. The Kier molecular flexibility index (Phi) is 6.50. The van der Waals surface area contributed by atoms with Crippen molar-refractivity contribution in [2.45, 2.75) is 78.3 Å². The van der Waals surface area contributed by atoms with Gasteiger partial charge in [0, 0.05) is 39.6 Å². The number of furan rings is 1. The standard InChI is InChI=1S/C48H44N2O/c1-28-17-22-41-35-15-8-7-14-34(35)38-23-32-19-21-37-36-20-18-31-13-10-16-33(31)46(36)51-47(37)45(32)42-24-40(48(4,5)6)39(44-29(2)11-9-12-30(44)3)26-49(42)27-43(38)50(41)25-28/h7-12,14-22,24-26,38,43H,13,23,27H2,1-6H3/q+2. The third-order valence-electron chi connectivity index (χ3n) is 12.0. The lowest BCUT2D eigenvalue weighted by molar-refractivity contribution is -0.792. The number of fused-ring (bicyclic) bond motifs is 15. The van der Waals surface area contributed by atoms with E-state index in [1.807, 2.05) is 0 Å². The van der Waals surface area contributed by atoms with E-state index < -0.39 is 0 Å². The maximum Gasteiger partial charge on any atom is 0.224 e. The van der Waals surface area contributed by atoms with Crippen molar-refractivity contribution in [2.75, 3.05) is 0 Å². The van der Waals surface area contributed by atoms with E-state index >= 15 is 0 Å². The third-order valence-corrected chi connectivity index (χ3v) is 12.0. The van der Waals surface area contributed by atoms with Crippen LogP contribution < -0.4 is 9.13 Å². The van der Waals surface area contributed by atoms with Crippen LogP contribution in [0.2, 0.25) is 0 Å². The van der Waals surface area contributed by atoms with Gasteiger partial charge in [0.25, 0.3) is 0 Å². The van der Waals surface area contributed by atoms with Crippen LogP contribution in [0.1, 0.15) is 77.2 Å². The average molecular weight is 665 g/mol. The predicted molar refractivity (Wildman–Crippen MR) is 208 cm³/mol. The summed E-state index contributed by atoms with van der Waals surface area (Å²) in [5.41, 5.74) is 20.4. The Bertz CT molecular complexity index is 2630. The van der Waals surface area contributed by atoms with Gasteiger partial charge in [-0.3, -0.25) is 0 Å². The Balaban J connectivity index is 1.33. The van der Waals surface area contributed by atoms with Crippen LogP contribution in [0.15, 0.2) is 108 Å². The quantitative estimate of drug-likeness (QED) is 0.160. The van der Waals surface area contributed by atoms with Gasteiger partial charge >= 0.3 is 0 Å². The van der Waals surface area contributed by atoms with Crippen molar-refractivity contribution >= 4 is 28.0 Å². The second kappa shape index (κ2) is 10.9. The Morgan fingerprint density at radius 1 is 0.706 bits per heavy atom. The average Bonchev–Trinajstić information content (AvgIpc) is 3.73. The Morgan fingerprint density at radius 2 is 1.47 bits per heavy atom. The van der Waals surface area contributed by atoms with Crippen LogP contribution in [0, 0.1) is 20.8 Å². The van der Waals surface area contributed by atoms with Crippen LogP contribution in [0.25, 0.3) is 61.7 Å². The first-order valence-electron chi connectivity index (χ1n) is 18.6. The summed E-state index contributed by atoms with van der Waals surface area (Å²) in [6.07, 6.45) is 11.3. The Hall–Kier alpha value is -5.28. The van der Waals surface area contributed by atoms with Crippen molar-refractivity contribution in [1.82, 2.24) is 0 Å². The minimum atomic E-state index is -0.0830. The zero-order chi connectivity index (χ0) is 34.8. The highest BCUT2D eigenvalue weighted by atomic mass is 16.3. The molecule has 0 saturated heterocycles. The smallest absolute Gasteiger partial charge is 0.224 e. The van der Waals surface area contributed by atoms with E-state index in [2.05, 4.69) is 160 Å². The van der Waals surface area contributed by atoms with Gasteiger partial charge in [0.05, 0.1) is 17.0 Å². The lowest BCUT2D eigenvalue weighted by atomic mass is 9.76. The first-order chi connectivity index (χ1) is 24.7. The van der Waals surface area contributed by atoms with Crippen molar-refractivity contribution in [3.05, 3.63) is 148 Å². The molecule has 0 bridgehead atoms. The van der Waals surface area contributed by atoms with Gasteiger partial charge in [-0.1, -0.05) is 93.6 Å². The predicted octanol–water partition coefficient (Wildman–Crippen LogP) is 10.8. The van der Waals surface area contributed by atoms with E-state index in [0.29, 0.717) is 5.92 Å².